The summed E-state index contributed by atoms with van der Waals surface area (Å²) in [6.45, 7) is 3.56. The van der Waals surface area contributed by atoms with E-state index < -0.39 is 12.2 Å². The predicted molar refractivity (Wildman–Crippen MR) is 66.8 cm³/mol. The number of hydrogen-bond acceptors (Lipinski definition) is 5. The monoisotopic (exact) mass is 246 g/mol. The molecule has 0 radical (unpaired) electrons. The van der Waals surface area contributed by atoms with Crippen LogP contribution in [0.2, 0.25) is 0 Å². The molecule has 0 aromatic rings. The van der Waals surface area contributed by atoms with E-state index in [1.165, 1.54) is 0 Å². The molecule has 5 heteroatoms. The van der Waals surface area contributed by atoms with Crippen LogP contribution in [0.25, 0.3) is 0 Å². The fraction of sp³-hybridized carbons (Fsp3) is 1.00. The summed E-state index contributed by atoms with van der Waals surface area (Å²) in [4.78, 5) is 4.02. The second-order valence-corrected chi connectivity index (χ2v) is 5.11. The Kier molecular flexibility index (Phi) is 5.82. The summed E-state index contributed by atoms with van der Waals surface area (Å²) in [5, 5.41) is 29.4. The van der Waals surface area contributed by atoms with Crippen molar-refractivity contribution in [2.75, 3.05) is 33.8 Å². The minimum absolute atomic E-state index is 0.0790. The molecule has 0 spiro atoms. The van der Waals surface area contributed by atoms with Gasteiger partial charge in [0, 0.05) is 6.54 Å². The van der Waals surface area contributed by atoms with Crippen LogP contribution in [0.15, 0.2) is 0 Å². The summed E-state index contributed by atoms with van der Waals surface area (Å²) in [6, 6.07) is -0.419. The lowest BCUT2D eigenvalue weighted by Gasteiger charge is -2.47. The molecular formula is C12H26N2O3. The van der Waals surface area contributed by atoms with Gasteiger partial charge in [0.1, 0.15) is 0 Å². The minimum Gasteiger partial charge on any atom is -0.395 e. The Morgan fingerprint density at radius 3 is 2.35 bits per heavy atom. The van der Waals surface area contributed by atoms with Gasteiger partial charge in [-0.1, -0.05) is 13.3 Å². The van der Waals surface area contributed by atoms with E-state index in [0.717, 1.165) is 19.4 Å². The number of rotatable bonds is 5. The molecule has 1 rings (SSSR count). The topological polar surface area (TPSA) is 67.2 Å². The highest BCUT2D eigenvalue weighted by Crippen LogP contribution is 2.21. The van der Waals surface area contributed by atoms with Crippen molar-refractivity contribution in [3.8, 4) is 0 Å². The molecule has 5 nitrogen and oxygen atoms in total. The third-order valence-corrected chi connectivity index (χ3v) is 3.68. The molecule has 1 unspecified atom stereocenters. The van der Waals surface area contributed by atoms with Crippen LogP contribution in [0.4, 0.5) is 0 Å². The molecule has 1 saturated heterocycles. The lowest BCUT2D eigenvalue weighted by Crippen LogP contribution is -2.65. The second kappa shape index (κ2) is 6.66. The van der Waals surface area contributed by atoms with E-state index in [1.54, 1.807) is 0 Å². The molecule has 0 saturated carbocycles. The second-order valence-electron chi connectivity index (χ2n) is 5.11. The SMILES string of the molecule is CCCCN1C[C@H](N(C)C)[C@@H](O)[C@H](O)C1CO. The van der Waals surface area contributed by atoms with Crippen LogP contribution in [0.5, 0.6) is 0 Å². The van der Waals surface area contributed by atoms with Crippen molar-refractivity contribution in [2.45, 2.75) is 44.1 Å². The van der Waals surface area contributed by atoms with Gasteiger partial charge >= 0.3 is 0 Å². The molecule has 3 N–H and O–H groups in total. The molecule has 17 heavy (non-hydrogen) atoms. The Balaban J connectivity index is 2.73. The van der Waals surface area contributed by atoms with Crippen molar-refractivity contribution in [1.29, 1.82) is 0 Å². The number of piperidine rings is 1. The highest BCUT2D eigenvalue weighted by molar-refractivity contribution is 4.97. The quantitative estimate of drug-likeness (QED) is 0.587. The van der Waals surface area contributed by atoms with E-state index >= 15 is 0 Å². The zero-order chi connectivity index (χ0) is 13.0. The maximum atomic E-state index is 10.0. The third-order valence-electron chi connectivity index (χ3n) is 3.68. The Morgan fingerprint density at radius 2 is 1.88 bits per heavy atom. The summed E-state index contributed by atoms with van der Waals surface area (Å²) >= 11 is 0. The van der Waals surface area contributed by atoms with Crippen molar-refractivity contribution < 1.29 is 15.3 Å². The van der Waals surface area contributed by atoms with E-state index in [-0.39, 0.29) is 18.7 Å². The van der Waals surface area contributed by atoms with Gasteiger partial charge in [-0.05, 0) is 27.1 Å². The van der Waals surface area contributed by atoms with Crippen molar-refractivity contribution in [3.05, 3.63) is 0 Å². The van der Waals surface area contributed by atoms with Crippen LogP contribution in [0.3, 0.4) is 0 Å². The summed E-state index contributed by atoms with van der Waals surface area (Å²) in [7, 11) is 3.80. The molecule has 1 aliphatic rings. The van der Waals surface area contributed by atoms with Crippen molar-refractivity contribution >= 4 is 0 Å². The summed E-state index contributed by atoms with van der Waals surface area (Å²) < 4.78 is 0. The van der Waals surface area contributed by atoms with Crippen LogP contribution in [-0.4, -0.2) is 83.2 Å². The fourth-order valence-corrected chi connectivity index (χ4v) is 2.47. The van der Waals surface area contributed by atoms with E-state index in [9.17, 15) is 15.3 Å². The van der Waals surface area contributed by atoms with Crippen LogP contribution in [-0.2, 0) is 0 Å². The van der Waals surface area contributed by atoms with Gasteiger partial charge in [0.15, 0.2) is 0 Å². The first kappa shape index (κ1) is 14.9. The minimum atomic E-state index is -0.877. The zero-order valence-electron chi connectivity index (χ0n) is 11.1. The van der Waals surface area contributed by atoms with Gasteiger partial charge in [-0.2, -0.15) is 0 Å². The van der Waals surface area contributed by atoms with Gasteiger partial charge in [-0.3, -0.25) is 4.90 Å². The van der Waals surface area contributed by atoms with E-state index in [1.807, 2.05) is 19.0 Å². The average Bonchev–Trinajstić information content (AvgIpc) is 2.30. The first-order valence-electron chi connectivity index (χ1n) is 6.40. The number of unbranched alkanes of at least 4 members (excludes halogenated alkanes) is 1. The maximum Gasteiger partial charge on any atom is 0.0992 e. The normalized spacial score (nSPS) is 35.5. The molecule has 0 aromatic carbocycles. The molecule has 102 valence electrons. The first-order valence-corrected chi connectivity index (χ1v) is 6.40. The highest BCUT2D eigenvalue weighted by atomic mass is 16.3. The Bertz CT molecular complexity index is 226. The van der Waals surface area contributed by atoms with Crippen LogP contribution < -0.4 is 0 Å². The van der Waals surface area contributed by atoms with Crippen molar-refractivity contribution in [3.63, 3.8) is 0 Å². The number of likely N-dealkylation sites (N-methyl/N-ethyl adjacent to an activating group) is 1. The fourth-order valence-electron chi connectivity index (χ4n) is 2.47. The smallest absolute Gasteiger partial charge is 0.0992 e. The Labute approximate surface area is 104 Å². The maximum absolute atomic E-state index is 10.0. The van der Waals surface area contributed by atoms with Gasteiger partial charge < -0.3 is 20.2 Å². The van der Waals surface area contributed by atoms with Gasteiger partial charge in [0.25, 0.3) is 0 Å². The predicted octanol–water partition coefficient (Wildman–Crippen LogP) is -0.885. The van der Waals surface area contributed by atoms with Gasteiger partial charge in [-0.15, -0.1) is 0 Å². The van der Waals surface area contributed by atoms with Gasteiger partial charge in [-0.25, -0.2) is 0 Å². The summed E-state index contributed by atoms with van der Waals surface area (Å²) in [5.41, 5.74) is 0. The van der Waals surface area contributed by atoms with Gasteiger partial charge in [0.2, 0.25) is 0 Å². The molecule has 4 atom stereocenters. The largest absolute Gasteiger partial charge is 0.395 e. The number of aliphatic hydroxyl groups excluding tert-OH is 3. The molecule has 0 aliphatic carbocycles. The summed E-state index contributed by atoms with van der Waals surface area (Å²) in [6.07, 6.45) is 0.456. The van der Waals surface area contributed by atoms with Crippen molar-refractivity contribution in [1.82, 2.24) is 9.80 Å². The molecule has 0 bridgehead atoms. The standard InChI is InChI=1S/C12H26N2O3/c1-4-5-6-14-7-9(13(2)3)11(16)12(17)10(14)8-15/h9-12,15-17H,4-8H2,1-3H3/t9-,10?,11+,12+/m0/s1. The van der Waals surface area contributed by atoms with E-state index in [2.05, 4.69) is 11.8 Å². The van der Waals surface area contributed by atoms with Gasteiger partial charge in [0.05, 0.1) is 30.9 Å². The van der Waals surface area contributed by atoms with E-state index in [0.29, 0.717) is 6.54 Å². The number of likely N-dealkylation sites (tertiary alicyclic amines) is 1. The van der Waals surface area contributed by atoms with Crippen LogP contribution >= 0.6 is 0 Å². The Hall–Kier alpha value is -0.200. The molecular weight excluding hydrogens is 220 g/mol. The van der Waals surface area contributed by atoms with Crippen molar-refractivity contribution in [2.24, 2.45) is 0 Å². The lowest BCUT2D eigenvalue weighted by molar-refractivity contribution is -0.122. The summed E-state index contributed by atoms with van der Waals surface area (Å²) in [5.74, 6) is 0. The molecule has 0 aromatic heterocycles. The number of hydrogen-bond donors (Lipinski definition) is 3. The van der Waals surface area contributed by atoms with Crippen LogP contribution in [0, 0.1) is 0 Å². The Morgan fingerprint density at radius 1 is 1.24 bits per heavy atom. The number of nitrogens with zero attached hydrogens (tertiary/aromatic N) is 2. The zero-order valence-corrected chi connectivity index (χ0v) is 11.1. The van der Waals surface area contributed by atoms with E-state index in [4.69, 9.17) is 0 Å². The lowest BCUT2D eigenvalue weighted by atomic mass is 9.91. The third kappa shape index (κ3) is 3.39. The molecule has 1 fully saturated rings. The highest BCUT2D eigenvalue weighted by Gasteiger charge is 2.42. The average molecular weight is 246 g/mol. The molecule has 1 heterocycles. The molecule has 1 aliphatic heterocycles. The van der Waals surface area contributed by atoms with Crippen LogP contribution in [0.1, 0.15) is 19.8 Å². The molecule has 0 amide bonds. The first-order chi connectivity index (χ1) is 8.02. The number of aliphatic hydroxyl groups is 3.